The van der Waals surface area contributed by atoms with Gasteiger partial charge in [0.2, 0.25) is 5.75 Å². The Morgan fingerprint density at radius 3 is 2.00 bits per heavy atom. The lowest BCUT2D eigenvalue weighted by atomic mass is 10.2. The van der Waals surface area contributed by atoms with Crippen molar-refractivity contribution in [2.45, 2.75) is 12.7 Å². The summed E-state index contributed by atoms with van der Waals surface area (Å²) in [6.45, 7) is 0.589. The molecule has 0 saturated heterocycles. The molecule has 0 aliphatic rings. The standard InChI is InChI=1S/C14H22O6/c1-16-11(7-15)9-20-8-10-5-12(17-2)14(19-4)13(6-10)18-3/h5-6,11,15H,7-9H2,1-4H3. The topological polar surface area (TPSA) is 66.4 Å². The van der Waals surface area contributed by atoms with Crippen LogP contribution in [0.5, 0.6) is 17.2 Å². The van der Waals surface area contributed by atoms with Crippen LogP contribution >= 0.6 is 0 Å². The molecule has 0 aromatic heterocycles. The van der Waals surface area contributed by atoms with E-state index in [4.69, 9.17) is 28.8 Å². The summed E-state index contributed by atoms with van der Waals surface area (Å²) in [6.07, 6.45) is -0.322. The molecule has 1 aromatic rings. The highest BCUT2D eigenvalue weighted by Crippen LogP contribution is 2.38. The smallest absolute Gasteiger partial charge is 0.203 e. The molecule has 1 atom stereocenters. The largest absolute Gasteiger partial charge is 0.493 e. The highest BCUT2D eigenvalue weighted by Gasteiger charge is 2.13. The first-order valence-corrected chi connectivity index (χ1v) is 6.20. The molecule has 0 aliphatic carbocycles. The second-order valence-electron chi connectivity index (χ2n) is 4.09. The number of hydrogen-bond donors (Lipinski definition) is 1. The van der Waals surface area contributed by atoms with Crippen LogP contribution in [-0.4, -0.2) is 52.9 Å². The van der Waals surface area contributed by atoms with Gasteiger partial charge in [0.15, 0.2) is 11.5 Å². The van der Waals surface area contributed by atoms with Crippen LogP contribution < -0.4 is 14.2 Å². The van der Waals surface area contributed by atoms with Gasteiger partial charge in [0.25, 0.3) is 0 Å². The van der Waals surface area contributed by atoms with Crippen molar-refractivity contribution >= 4 is 0 Å². The van der Waals surface area contributed by atoms with E-state index in [0.717, 1.165) is 5.56 Å². The maximum Gasteiger partial charge on any atom is 0.203 e. The Kier molecular flexibility index (Phi) is 7.14. The molecule has 0 fully saturated rings. The van der Waals surface area contributed by atoms with Gasteiger partial charge in [-0.05, 0) is 17.7 Å². The maximum absolute atomic E-state index is 8.99. The van der Waals surface area contributed by atoms with Crippen LogP contribution in [0.4, 0.5) is 0 Å². The minimum Gasteiger partial charge on any atom is -0.493 e. The lowest BCUT2D eigenvalue weighted by molar-refractivity contribution is -0.0248. The van der Waals surface area contributed by atoms with E-state index < -0.39 is 0 Å². The molecule has 0 bridgehead atoms. The molecule has 20 heavy (non-hydrogen) atoms. The number of benzene rings is 1. The van der Waals surface area contributed by atoms with E-state index >= 15 is 0 Å². The van der Waals surface area contributed by atoms with E-state index in [1.54, 1.807) is 21.3 Å². The number of aliphatic hydroxyl groups excluding tert-OH is 1. The fourth-order valence-electron chi connectivity index (χ4n) is 1.72. The van der Waals surface area contributed by atoms with Crippen LogP contribution in [0.3, 0.4) is 0 Å². The summed E-state index contributed by atoms with van der Waals surface area (Å²) in [4.78, 5) is 0. The van der Waals surface area contributed by atoms with Crippen molar-refractivity contribution < 1.29 is 28.8 Å². The molecular weight excluding hydrogens is 264 g/mol. The third-order valence-electron chi connectivity index (χ3n) is 2.83. The Morgan fingerprint density at radius 1 is 1.00 bits per heavy atom. The van der Waals surface area contributed by atoms with Crippen molar-refractivity contribution in [3.8, 4) is 17.2 Å². The molecule has 1 N–H and O–H groups in total. The Labute approximate surface area is 119 Å². The molecule has 1 rings (SSSR count). The predicted octanol–water partition coefficient (Wildman–Crippen LogP) is 1.24. The molecule has 0 radical (unpaired) electrons. The molecule has 6 nitrogen and oxygen atoms in total. The van der Waals surface area contributed by atoms with Gasteiger partial charge in [-0.2, -0.15) is 0 Å². The van der Waals surface area contributed by atoms with Crippen molar-refractivity contribution in [1.82, 2.24) is 0 Å². The molecule has 0 spiro atoms. The van der Waals surface area contributed by atoms with E-state index in [1.165, 1.54) is 7.11 Å². The van der Waals surface area contributed by atoms with Gasteiger partial charge >= 0.3 is 0 Å². The number of ether oxygens (including phenoxy) is 5. The fraction of sp³-hybridized carbons (Fsp3) is 0.571. The number of methoxy groups -OCH3 is 4. The second kappa shape index (κ2) is 8.63. The molecule has 0 aliphatic heterocycles. The van der Waals surface area contributed by atoms with E-state index in [2.05, 4.69) is 0 Å². The highest BCUT2D eigenvalue weighted by molar-refractivity contribution is 5.53. The van der Waals surface area contributed by atoms with Crippen LogP contribution in [0.15, 0.2) is 12.1 Å². The fourth-order valence-corrected chi connectivity index (χ4v) is 1.72. The summed E-state index contributed by atoms with van der Waals surface area (Å²) >= 11 is 0. The molecule has 0 saturated carbocycles. The van der Waals surface area contributed by atoms with Crippen LogP contribution in [0.1, 0.15) is 5.56 Å². The van der Waals surface area contributed by atoms with E-state index in [-0.39, 0.29) is 12.7 Å². The molecule has 1 unspecified atom stereocenters. The van der Waals surface area contributed by atoms with Crippen molar-refractivity contribution in [3.63, 3.8) is 0 Å². The van der Waals surface area contributed by atoms with Crippen LogP contribution in [0.2, 0.25) is 0 Å². The zero-order valence-corrected chi connectivity index (χ0v) is 12.3. The summed E-state index contributed by atoms with van der Waals surface area (Å²) < 4.78 is 26.3. The summed E-state index contributed by atoms with van der Waals surface area (Å²) in [5.74, 6) is 1.70. The number of aliphatic hydroxyl groups is 1. The van der Waals surface area contributed by atoms with Gasteiger partial charge in [0, 0.05) is 7.11 Å². The maximum atomic E-state index is 8.99. The first-order chi connectivity index (χ1) is 9.69. The summed E-state index contributed by atoms with van der Waals surface area (Å²) in [5.41, 5.74) is 0.882. The molecular formula is C14H22O6. The van der Waals surface area contributed by atoms with Gasteiger partial charge in [-0.3, -0.25) is 0 Å². The Bertz CT molecular complexity index is 378. The van der Waals surface area contributed by atoms with Crippen LogP contribution in [0.25, 0.3) is 0 Å². The average Bonchev–Trinajstić information content (AvgIpc) is 2.50. The normalized spacial score (nSPS) is 12.1. The monoisotopic (exact) mass is 286 g/mol. The Morgan fingerprint density at radius 2 is 1.60 bits per heavy atom. The zero-order valence-electron chi connectivity index (χ0n) is 12.3. The average molecular weight is 286 g/mol. The summed E-state index contributed by atoms with van der Waals surface area (Å²) in [5, 5.41) is 8.99. The van der Waals surface area contributed by atoms with Gasteiger partial charge in [-0.25, -0.2) is 0 Å². The van der Waals surface area contributed by atoms with Gasteiger partial charge < -0.3 is 28.8 Å². The van der Waals surface area contributed by atoms with Crippen LogP contribution in [-0.2, 0) is 16.1 Å². The van der Waals surface area contributed by atoms with Gasteiger partial charge in [-0.15, -0.1) is 0 Å². The first kappa shape index (κ1) is 16.6. The van der Waals surface area contributed by atoms with Crippen molar-refractivity contribution in [1.29, 1.82) is 0 Å². The second-order valence-corrected chi connectivity index (χ2v) is 4.09. The minimum atomic E-state index is -0.322. The van der Waals surface area contributed by atoms with Crippen molar-refractivity contribution in [3.05, 3.63) is 17.7 Å². The molecule has 0 heterocycles. The number of hydrogen-bond acceptors (Lipinski definition) is 6. The van der Waals surface area contributed by atoms with Crippen molar-refractivity contribution in [2.75, 3.05) is 41.7 Å². The summed E-state index contributed by atoms with van der Waals surface area (Å²) in [6, 6.07) is 3.64. The minimum absolute atomic E-state index is 0.0776. The van der Waals surface area contributed by atoms with E-state index in [9.17, 15) is 0 Å². The molecule has 6 heteroatoms. The van der Waals surface area contributed by atoms with Crippen molar-refractivity contribution in [2.24, 2.45) is 0 Å². The van der Waals surface area contributed by atoms with Gasteiger partial charge in [0.1, 0.15) is 6.10 Å². The quantitative estimate of drug-likeness (QED) is 0.736. The summed E-state index contributed by atoms with van der Waals surface area (Å²) in [7, 11) is 6.22. The van der Waals surface area contributed by atoms with E-state index in [0.29, 0.717) is 30.5 Å². The number of rotatable bonds is 9. The van der Waals surface area contributed by atoms with Gasteiger partial charge in [0.05, 0.1) is 41.2 Å². The van der Waals surface area contributed by atoms with E-state index in [1.807, 2.05) is 12.1 Å². The molecule has 0 amide bonds. The lowest BCUT2D eigenvalue weighted by Gasteiger charge is -2.15. The Balaban J connectivity index is 2.75. The van der Waals surface area contributed by atoms with Crippen LogP contribution in [0, 0.1) is 0 Å². The molecule has 1 aromatic carbocycles. The SMILES string of the molecule is COc1cc(COCC(CO)OC)cc(OC)c1OC. The first-order valence-electron chi connectivity index (χ1n) is 6.20. The predicted molar refractivity (Wildman–Crippen MR) is 73.6 cm³/mol. The Hall–Kier alpha value is -1.50. The third kappa shape index (κ3) is 4.26. The lowest BCUT2D eigenvalue weighted by Crippen LogP contribution is -2.22. The third-order valence-corrected chi connectivity index (χ3v) is 2.83. The highest BCUT2D eigenvalue weighted by atomic mass is 16.5. The van der Waals surface area contributed by atoms with Gasteiger partial charge in [-0.1, -0.05) is 0 Å². The molecule has 114 valence electrons. The zero-order chi connectivity index (χ0) is 15.0.